The first-order valence-corrected chi connectivity index (χ1v) is 11.5. The van der Waals surface area contributed by atoms with Crippen LogP contribution in [0.4, 0.5) is 5.69 Å². The Bertz CT molecular complexity index is 997. The molecule has 31 heavy (non-hydrogen) atoms. The molecule has 2 aromatic carbocycles. The van der Waals surface area contributed by atoms with Crippen LogP contribution >= 0.6 is 11.8 Å². The number of ether oxygens (including phenoxy) is 1. The molecule has 1 heterocycles. The van der Waals surface area contributed by atoms with Crippen LogP contribution in [0.1, 0.15) is 56.7 Å². The summed E-state index contributed by atoms with van der Waals surface area (Å²) in [6.07, 6.45) is -0.256. The van der Waals surface area contributed by atoms with Crippen LogP contribution in [0.5, 0.6) is 5.75 Å². The molecular weight excluding hydrogens is 408 g/mol. The molecule has 0 bridgehead atoms. The van der Waals surface area contributed by atoms with Gasteiger partial charge in [-0.15, -0.1) is 10.2 Å². The lowest BCUT2D eigenvalue weighted by Gasteiger charge is -2.16. The van der Waals surface area contributed by atoms with Gasteiger partial charge in [-0.2, -0.15) is 0 Å². The lowest BCUT2D eigenvalue weighted by atomic mass is 10.0. The Labute approximate surface area is 188 Å². The van der Waals surface area contributed by atoms with E-state index in [1.165, 1.54) is 17.3 Å². The summed E-state index contributed by atoms with van der Waals surface area (Å²) >= 11 is 1.37. The smallest absolute Gasteiger partial charge is 0.234 e. The SMILES string of the molecule is CCn1c(SCC(=O)Nc2ccc(C)cc2)nnc1C(C)Oc1ccc(C(C)C)cc1. The van der Waals surface area contributed by atoms with Gasteiger partial charge in [-0.25, -0.2) is 0 Å². The average molecular weight is 439 g/mol. The molecule has 1 amide bonds. The molecule has 0 aliphatic heterocycles. The molecule has 7 heteroatoms. The number of hydrogen-bond acceptors (Lipinski definition) is 5. The molecule has 0 radical (unpaired) electrons. The number of aryl methyl sites for hydroxylation is 1. The van der Waals surface area contributed by atoms with E-state index in [0.29, 0.717) is 17.6 Å². The van der Waals surface area contributed by atoms with Gasteiger partial charge >= 0.3 is 0 Å². The van der Waals surface area contributed by atoms with Crippen LogP contribution < -0.4 is 10.1 Å². The number of rotatable bonds is 9. The Kier molecular flexibility index (Phi) is 7.74. The summed E-state index contributed by atoms with van der Waals surface area (Å²) in [4.78, 5) is 12.3. The fraction of sp³-hybridized carbons (Fsp3) is 0.375. The lowest BCUT2D eigenvalue weighted by molar-refractivity contribution is -0.113. The van der Waals surface area contributed by atoms with Crippen molar-refractivity contribution < 1.29 is 9.53 Å². The van der Waals surface area contributed by atoms with Gasteiger partial charge in [0.05, 0.1) is 5.75 Å². The average Bonchev–Trinajstić information content (AvgIpc) is 3.17. The largest absolute Gasteiger partial charge is 0.483 e. The van der Waals surface area contributed by atoms with Crippen LogP contribution in [-0.2, 0) is 11.3 Å². The van der Waals surface area contributed by atoms with Crippen molar-refractivity contribution in [2.24, 2.45) is 0 Å². The van der Waals surface area contributed by atoms with Crippen molar-refractivity contribution in [2.75, 3.05) is 11.1 Å². The Hall–Kier alpha value is -2.80. The molecule has 1 aromatic heterocycles. The van der Waals surface area contributed by atoms with Crippen molar-refractivity contribution in [1.82, 2.24) is 14.8 Å². The third kappa shape index (κ3) is 6.10. The van der Waals surface area contributed by atoms with E-state index in [1.54, 1.807) is 0 Å². The van der Waals surface area contributed by atoms with Crippen molar-refractivity contribution in [1.29, 1.82) is 0 Å². The first-order valence-electron chi connectivity index (χ1n) is 10.6. The van der Waals surface area contributed by atoms with Gasteiger partial charge in [0, 0.05) is 12.2 Å². The normalized spacial score (nSPS) is 12.1. The van der Waals surface area contributed by atoms with Crippen LogP contribution in [0.25, 0.3) is 0 Å². The predicted octanol–water partition coefficient (Wildman–Crippen LogP) is 5.60. The number of thioether (sulfide) groups is 1. The maximum Gasteiger partial charge on any atom is 0.234 e. The molecule has 3 aromatic rings. The van der Waals surface area contributed by atoms with E-state index >= 15 is 0 Å². The number of nitrogens with zero attached hydrogens (tertiary/aromatic N) is 3. The summed E-state index contributed by atoms with van der Waals surface area (Å²) in [6.45, 7) is 11.1. The molecule has 1 unspecified atom stereocenters. The third-order valence-corrected chi connectivity index (χ3v) is 5.92. The van der Waals surface area contributed by atoms with Gasteiger partial charge < -0.3 is 14.6 Å². The topological polar surface area (TPSA) is 69.0 Å². The van der Waals surface area contributed by atoms with Gasteiger partial charge in [-0.05, 0) is 56.5 Å². The zero-order chi connectivity index (χ0) is 22.4. The van der Waals surface area contributed by atoms with Gasteiger partial charge in [0.1, 0.15) is 5.75 Å². The van der Waals surface area contributed by atoms with E-state index in [2.05, 4.69) is 41.5 Å². The van der Waals surface area contributed by atoms with E-state index in [9.17, 15) is 4.79 Å². The van der Waals surface area contributed by atoms with E-state index in [0.717, 1.165) is 22.8 Å². The second-order valence-electron chi connectivity index (χ2n) is 7.77. The molecule has 3 rings (SSSR count). The number of benzene rings is 2. The molecule has 6 nitrogen and oxygen atoms in total. The summed E-state index contributed by atoms with van der Waals surface area (Å²) in [6, 6.07) is 15.9. The van der Waals surface area contributed by atoms with E-state index in [-0.39, 0.29) is 17.8 Å². The standard InChI is InChI=1S/C24H30N4O2S/c1-6-28-23(18(5)30-21-13-9-19(10-14-21)16(2)3)26-27-24(28)31-15-22(29)25-20-11-7-17(4)8-12-20/h7-14,16,18H,6,15H2,1-5H3,(H,25,29). The van der Waals surface area contributed by atoms with Crippen LogP contribution in [0, 0.1) is 6.92 Å². The maximum atomic E-state index is 12.3. The molecule has 1 atom stereocenters. The second kappa shape index (κ2) is 10.5. The first kappa shape index (κ1) is 22.9. The van der Waals surface area contributed by atoms with Gasteiger partial charge in [-0.3, -0.25) is 4.79 Å². The van der Waals surface area contributed by atoms with Crippen molar-refractivity contribution in [3.05, 3.63) is 65.5 Å². The van der Waals surface area contributed by atoms with Crippen molar-refractivity contribution in [3.8, 4) is 5.75 Å². The van der Waals surface area contributed by atoms with Gasteiger partial charge in [-0.1, -0.05) is 55.4 Å². The molecule has 0 saturated carbocycles. The maximum absolute atomic E-state index is 12.3. The van der Waals surface area contributed by atoms with E-state index < -0.39 is 0 Å². The third-order valence-electron chi connectivity index (χ3n) is 4.95. The highest BCUT2D eigenvalue weighted by Crippen LogP contribution is 2.26. The summed E-state index contributed by atoms with van der Waals surface area (Å²) in [5.74, 6) is 2.22. The number of hydrogen-bond donors (Lipinski definition) is 1. The number of anilines is 1. The minimum Gasteiger partial charge on any atom is -0.483 e. The molecule has 0 aliphatic carbocycles. The number of nitrogens with one attached hydrogen (secondary N) is 1. The first-order chi connectivity index (χ1) is 14.9. The fourth-order valence-corrected chi connectivity index (χ4v) is 3.97. The lowest BCUT2D eigenvalue weighted by Crippen LogP contribution is -2.15. The Balaban J connectivity index is 1.61. The van der Waals surface area contributed by atoms with Crippen molar-refractivity contribution in [2.45, 2.75) is 58.3 Å². The molecule has 0 saturated heterocycles. The summed E-state index contributed by atoms with van der Waals surface area (Å²) in [5.41, 5.74) is 3.22. The number of carbonyl (C=O) groups is 1. The summed E-state index contributed by atoms with van der Waals surface area (Å²) in [5, 5.41) is 12.2. The van der Waals surface area contributed by atoms with Crippen molar-refractivity contribution in [3.63, 3.8) is 0 Å². The quantitative estimate of drug-likeness (QED) is 0.440. The van der Waals surface area contributed by atoms with Crippen LogP contribution in [0.2, 0.25) is 0 Å². The molecule has 0 spiro atoms. The number of amides is 1. The highest BCUT2D eigenvalue weighted by atomic mass is 32.2. The van der Waals surface area contributed by atoms with Crippen LogP contribution in [0.15, 0.2) is 53.7 Å². The van der Waals surface area contributed by atoms with Gasteiger partial charge in [0.15, 0.2) is 17.1 Å². The van der Waals surface area contributed by atoms with E-state index in [1.807, 2.05) is 61.7 Å². The van der Waals surface area contributed by atoms with Gasteiger partial charge in [0.2, 0.25) is 5.91 Å². The fourth-order valence-electron chi connectivity index (χ4n) is 3.16. The minimum atomic E-state index is -0.256. The zero-order valence-corrected chi connectivity index (χ0v) is 19.6. The van der Waals surface area contributed by atoms with Gasteiger partial charge in [0.25, 0.3) is 0 Å². The van der Waals surface area contributed by atoms with Crippen LogP contribution in [0.3, 0.4) is 0 Å². The second-order valence-corrected chi connectivity index (χ2v) is 8.71. The Morgan fingerprint density at radius 2 is 1.74 bits per heavy atom. The zero-order valence-electron chi connectivity index (χ0n) is 18.8. The monoisotopic (exact) mass is 438 g/mol. The Morgan fingerprint density at radius 3 is 2.35 bits per heavy atom. The molecule has 1 N–H and O–H groups in total. The summed E-state index contributed by atoms with van der Waals surface area (Å²) < 4.78 is 8.09. The Morgan fingerprint density at radius 1 is 1.06 bits per heavy atom. The highest BCUT2D eigenvalue weighted by molar-refractivity contribution is 7.99. The number of carbonyl (C=O) groups excluding carboxylic acids is 1. The molecular formula is C24H30N4O2S. The summed E-state index contributed by atoms with van der Waals surface area (Å²) in [7, 11) is 0. The minimum absolute atomic E-state index is 0.0735. The predicted molar refractivity (Wildman–Crippen MR) is 126 cm³/mol. The number of aromatic nitrogens is 3. The molecule has 164 valence electrons. The van der Waals surface area contributed by atoms with Crippen molar-refractivity contribution >= 4 is 23.4 Å². The van der Waals surface area contributed by atoms with E-state index in [4.69, 9.17) is 4.74 Å². The molecule has 0 aliphatic rings. The highest BCUT2D eigenvalue weighted by Gasteiger charge is 2.19. The van der Waals surface area contributed by atoms with Crippen LogP contribution in [-0.4, -0.2) is 26.4 Å². The molecule has 0 fully saturated rings.